The third-order valence-electron chi connectivity index (χ3n) is 3.90. The van der Waals surface area contributed by atoms with Crippen LogP contribution in [0.5, 0.6) is 11.5 Å². The molecule has 0 bridgehead atoms. The summed E-state index contributed by atoms with van der Waals surface area (Å²) < 4.78 is 43.4. The van der Waals surface area contributed by atoms with Gasteiger partial charge in [-0.15, -0.1) is 0 Å². The van der Waals surface area contributed by atoms with Crippen molar-refractivity contribution in [3.63, 3.8) is 0 Å². The third-order valence-corrected chi connectivity index (χ3v) is 3.90. The van der Waals surface area contributed by atoms with Gasteiger partial charge in [-0.1, -0.05) is 6.07 Å². The van der Waals surface area contributed by atoms with Crippen LogP contribution in [0.4, 0.5) is 13.2 Å². The number of alkyl halides is 3. The van der Waals surface area contributed by atoms with E-state index < -0.39 is 17.7 Å². The van der Waals surface area contributed by atoms with Crippen molar-refractivity contribution in [2.75, 3.05) is 0 Å². The molecule has 1 heterocycles. The summed E-state index contributed by atoms with van der Waals surface area (Å²) in [7, 11) is 0. The maximum atomic E-state index is 12.6. The molecular weight excluding hydrogens is 359 g/mol. The van der Waals surface area contributed by atoms with Crippen LogP contribution < -0.4 is 4.74 Å². The summed E-state index contributed by atoms with van der Waals surface area (Å²) in [5, 5.41) is 9.10. The summed E-state index contributed by atoms with van der Waals surface area (Å²) in [6.07, 6.45) is -2.89. The highest BCUT2D eigenvalue weighted by Crippen LogP contribution is 2.32. The lowest BCUT2D eigenvalue weighted by Gasteiger charge is -2.10. The van der Waals surface area contributed by atoms with Crippen LogP contribution in [0.3, 0.4) is 0 Å². The number of carboxylic acids is 1. The second-order valence-electron chi connectivity index (χ2n) is 5.84. The molecule has 7 heteroatoms. The van der Waals surface area contributed by atoms with Crippen molar-refractivity contribution in [3.8, 4) is 22.8 Å². The largest absolute Gasteiger partial charge is 0.478 e. The first-order chi connectivity index (χ1) is 12.7. The predicted octanol–water partition coefficient (Wildman–Crippen LogP) is 5.57. The van der Waals surface area contributed by atoms with Crippen LogP contribution in [0.25, 0.3) is 11.3 Å². The average Bonchev–Trinajstić information content (AvgIpc) is 2.61. The molecule has 0 spiro atoms. The molecule has 0 saturated carbocycles. The molecule has 3 aromatic rings. The number of hydrogen-bond donors (Lipinski definition) is 1. The highest BCUT2D eigenvalue weighted by molar-refractivity contribution is 5.90. The molecule has 27 heavy (non-hydrogen) atoms. The number of ether oxygens (including phenoxy) is 1. The minimum atomic E-state index is -4.40. The lowest BCUT2D eigenvalue weighted by atomic mass is 10.0. The summed E-state index contributed by atoms with van der Waals surface area (Å²) in [6.45, 7) is 1.69. The Labute approximate surface area is 152 Å². The maximum absolute atomic E-state index is 12.6. The van der Waals surface area contributed by atoms with E-state index in [9.17, 15) is 18.0 Å². The van der Waals surface area contributed by atoms with Crippen LogP contribution in [-0.4, -0.2) is 16.1 Å². The maximum Gasteiger partial charge on any atom is 0.416 e. The lowest BCUT2D eigenvalue weighted by molar-refractivity contribution is -0.137. The number of carboxylic acid groups (broad SMARTS) is 1. The SMILES string of the molecule is Cc1cc(-c2cc(Oc3ccc(C(F)(F)F)cc3)ccn2)ccc1C(=O)O. The summed E-state index contributed by atoms with van der Waals surface area (Å²) in [5.74, 6) is -0.344. The minimum absolute atomic E-state index is 0.205. The fraction of sp³-hybridized carbons (Fsp3) is 0.100. The van der Waals surface area contributed by atoms with E-state index >= 15 is 0 Å². The Balaban J connectivity index is 1.84. The number of rotatable bonds is 4. The van der Waals surface area contributed by atoms with E-state index in [1.165, 1.54) is 24.4 Å². The standard InChI is InChI=1S/C20H14F3NO3/c1-12-10-13(2-7-17(12)19(25)26)18-11-16(8-9-24-18)27-15-5-3-14(4-6-15)20(21,22)23/h2-11H,1H3,(H,25,26). The van der Waals surface area contributed by atoms with Gasteiger partial charge in [0.2, 0.25) is 0 Å². The van der Waals surface area contributed by atoms with E-state index in [2.05, 4.69) is 4.98 Å². The predicted molar refractivity (Wildman–Crippen MR) is 92.9 cm³/mol. The Morgan fingerprint density at radius 1 is 1.00 bits per heavy atom. The Bertz CT molecular complexity index is 983. The molecule has 4 nitrogen and oxygen atoms in total. The summed E-state index contributed by atoms with van der Waals surface area (Å²) in [6, 6.07) is 12.4. The van der Waals surface area contributed by atoms with Crippen molar-refractivity contribution < 1.29 is 27.8 Å². The topological polar surface area (TPSA) is 59.4 Å². The molecule has 0 aliphatic rings. The Kier molecular flexibility index (Phi) is 4.85. The first-order valence-electron chi connectivity index (χ1n) is 7.89. The van der Waals surface area contributed by atoms with Crippen LogP contribution >= 0.6 is 0 Å². The van der Waals surface area contributed by atoms with Crippen molar-refractivity contribution in [2.45, 2.75) is 13.1 Å². The summed E-state index contributed by atoms with van der Waals surface area (Å²) in [5.41, 5.74) is 1.31. The number of pyridine rings is 1. The zero-order chi connectivity index (χ0) is 19.6. The fourth-order valence-corrected chi connectivity index (χ4v) is 2.54. The van der Waals surface area contributed by atoms with Gasteiger partial charge in [0, 0.05) is 17.8 Å². The highest BCUT2D eigenvalue weighted by Gasteiger charge is 2.30. The quantitative estimate of drug-likeness (QED) is 0.650. The fourth-order valence-electron chi connectivity index (χ4n) is 2.54. The van der Waals surface area contributed by atoms with Crippen molar-refractivity contribution in [2.24, 2.45) is 0 Å². The number of hydrogen-bond acceptors (Lipinski definition) is 3. The number of aromatic nitrogens is 1. The van der Waals surface area contributed by atoms with Gasteiger partial charge in [0.1, 0.15) is 11.5 Å². The average molecular weight is 373 g/mol. The first kappa shape index (κ1) is 18.4. The van der Waals surface area contributed by atoms with Gasteiger partial charge in [-0.25, -0.2) is 4.79 Å². The molecule has 3 rings (SSSR count). The van der Waals surface area contributed by atoms with E-state index in [0.29, 0.717) is 22.6 Å². The molecule has 2 aromatic carbocycles. The van der Waals surface area contributed by atoms with Gasteiger partial charge < -0.3 is 9.84 Å². The number of benzene rings is 2. The van der Waals surface area contributed by atoms with E-state index in [-0.39, 0.29) is 11.3 Å². The van der Waals surface area contributed by atoms with Gasteiger partial charge in [0.05, 0.1) is 16.8 Å². The van der Waals surface area contributed by atoms with E-state index in [1.807, 2.05) is 0 Å². The van der Waals surface area contributed by atoms with Gasteiger partial charge in [0.25, 0.3) is 0 Å². The second kappa shape index (κ2) is 7.11. The number of nitrogens with zero attached hydrogens (tertiary/aromatic N) is 1. The Morgan fingerprint density at radius 3 is 2.30 bits per heavy atom. The summed E-state index contributed by atoms with van der Waals surface area (Å²) in [4.78, 5) is 15.3. The van der Waals surface area contributed by atoms with Crippen molar-refractivity contribution in [1.82, 2.24) is 4.98 Å². The minimum Gasteiger partial charge on any atom is -0.478 e. The smallest absolute Gasteiger partial charge is 0.416 e. The number of halogens is 3. The van der Waals surface area contributed by atoms with Crippen LogP contribution in [0.1, 0.15) is 21.5 Å². The zero-order valence-electron chi connectivity index (χ0n) is 14.1. The van der Waals surface area contributed by atoms with Gasteiger partial charge in [-0.3, -0.25) is 4.98 Å². The second-order valence-corrected chi connectivity index (χ2v) is 5.84. The first-order valence-corrected chi connectivity index (χ1v) is 7.89. The molecule has 0 unspecified atom stereocenters. The number of aromatic carboxylic acids is 1. The van der Waals surface area contributed by atoms with Crippen LogP contribution in [-0.2, 0) is 6.18 Å². The molecular formula is C20H14F3NO3. The molecule has 138 valence electrons. The normalized spacial score (nSPS) is 11.3. The van der Waals surface area contributed by atoms with Crippen molar-refractivity contribution in [3.05, 3.63) is 77.5 Å². The van der Waals surface area contributed by atoms with E-state index in [4.69, 9.17) is 9.84 Å². The third kappa shape index (κ3) is 4.25. The molecule has 0 radical (unpaired) electrons. The molecule has 0 amide bonds. The van der Waals surface area contributed by atoms with Gasteiger partial charge >= 0.3 is 12.1 Å². The molecule has 0 aliphatic carbocycles. The van der Waals surface area contributed by atoms with Gasteiger partial charge in [-0.2, -0.15) is 13.2 Å². The number of aryl methyl sites for hydroxylation is 1. The Morgan fingerprint density at radius 2 is 1.70 bits per heavy atom. The van der Waals surface area contributed by atoms with E-state index in [0.717, 1.165) is 12.1 Å². The van der Waals surface area contributed by atoms with Gasteiger partial charge in [-0.05, 0) is 55.0 Å². The van der Waals surface area contributed by atoms with Crippen LogP contribution in [0.15, 0.2) is 60.8 Å². The zero-order valence-corrected chi connectivity index (χ0v) is 14.1. The van der Waals surface area contributed by atoms with Crippen molar-refractivity contribution >= 4 is 5.97 Å². The summed E-state index contributed by atoms with van der Waals surface area (Å²) >= 11 is 0. The highest BCUT2D eigenvalue weighted by atomic mass is 19.4. The van der Waals surface area contributed by atoms with Gasteiger partial charge in [0.15, 0.2) is 0 Å². The molecule has 0 fully saturated rings. The van der Waals surface area contributed by atoms with E-state index in [1.54, 1.807) is 31.2 Å². The molecule has 1 aromatic heterocycles. The lowest BCUT2D eigenvalue weighted by Crippen LogP contribution is -2.04. The molecule has 0 atom stereocenters. The monoisotopic (exact) mass is 373 g/mol. The molecule has 0 aliphatic heterocycles. The number of carbonyl (C=O) groups is 1. The van der Waals surface area contributed by atoms with Crippen molar-refractivity contribution in [1.29, 1.82) is 0 Å². The Hall–Kier alpha value is -3.35. The van der Waals surface area contributed by atoms with Crippen LogP contribution in [0.2, 0.25) is 0 Å². The molecule has 1 N–H and O–H groups in total. The van der Waals surface area contributed by atoms with Crippen LogP contribution in [0, 0.1) is 6.92 Å². The molecule has 0 saturated heterocycles.